The van der Waals surface area contributed by atoms with Crippen LogP contribution in [0.15, 0.2) is 120 Å². The minimum atomic E-state index is -0.444. The standard InChI is InChI=1S/C87H98BN3OS/c1-77(2,3)51-24-29-67-66(40-51)86(18)31-30-50-22-20-21-23-57(50)87(86,19)91(67)54-43-68-72-69(44-54)90(52-25-27-58-60(41-52)80(8,9)33-32-78(58,4)5)74-56-46-61-63(82(12,13)35-34-81(61,10)11)48-71(56)93-76(74)88(72)75-73-55-45-65-62(47-70(55)92-75)83(14,15)37-39-85(65,17)49-84(16)38-36-79(6,7)59-28-26-53(89(68)73)42-64(59)84/h20-29,40-48H,30-39,49H2,1-19H3. The Labute approximate surface area is 560 Å². The Balaban J connectivity index is 1.03. The van der Waals surface area contributed by atoms with Crippen LogP contribution in [-0.4, -0.2) is 6.71 Å². The number of nitrogens with zero attached hydrogens (tertiary/aromatic N) is 3. The van der Waals surface area contributed by atoms with Gasteiger partial charge in [-0.1, -0.05) is 173 Å². The van der Waals surface area contributed by atoms with Gasteiger partial charge in [0.25, 0.3) is 0 Å². The fourth-order valence-corrected chi connectivity index (χ4v) is 22.7. The number of anilines is 8. The first-order valence-electron chi connectivity index (χ1n) is 35.9. The van der Waals surface area contributed by atoms with E-state index < -0.39 is 5.54 Å². The normalized spacial score (nSPS) is 27.0. The lowest BCUT2D eigenvalue weighted by atomic mass is 9.38. The Bertz CT molecular complexity index is 4840. The molecule has 6 heteroatoms. The number of furan rings is 1. The summed E-state index contributed by atoms with van der Waals surface area (Å²) in [6.45, 7) is 47.7. The molecule has 4 aliphatic heterocycles. The summed E-state index contributed by atoms with van der Waals surface area (Å²) in [5.41, 5.74) is 30.9. The Morgan fingerprint density at radius 2 is 0.946 bits per heavy atom. The topological polar surface area (TPSA) is 22.9 Å². The van der Waals surface area contributed by atoms with Gasteiger partial charge in [0.05, 0.1) is 16.9 Å². The van der Waals surface area contributed by atoms with Gasteiger partial charge < -0.3 is 19.1 Å². The van der Waals surface area contributed by atoms with E-state index >= 15 is 0 Å². The van der Waals surface area contributed by atoms with Crippen molar-refractivity contribution in [3.8, 4) is 0 Å². The van der Waals surface area contributed by atoms with Gasteiger partial charge in [0.1, 0.15) is 11.2 Å². The molecule has 0 amide bonds. The van der Waals surface area contributed by atoms with Crippen molar-refractivity contribution < 1.29 is 4.42 Å². The molecule has 4 nitrogen and oxygen atoms in total. The molecule has 0 spiro atoms. The van der Waals surface area contributed by atoms with Crippen molar-refractivity contribution in [2.75, 3.05) is 14.7 Å². The molecule has 93 heavy (non-hydrogen) atoms. The zero-order valence-electron chi connectivity index (χ0n) is 59.5. The SMILES string of the molecule is CC(C)(C)c1ccc2c(c1)C1(C)CCc3ccccc3C1(C)N2c1cc2c3c(c1)N(c1ccc4c(c1)C(C)(C)CCC4(C)C)c1c(sc4cc5c(cc14)C(C)(C)CCC5(C)C)B3c1oc3cc4c5cc3c1N2c1ccc2c(c1)C(C)(CCC2(C)C)CC5(C)CCC4(C)C. The highest BCUT2D eigenvalue weighted by molar-refractivity contribution is 7.33. The van der Waals surface area contributed by atoms with Gasteiger partial charge in [-0.3, -0.25) is 0 Å². The quantitative estimate of drug-likeness (QED) is 0.161. The van der Waals surface area contributed by atoms with Crippen LogP contribution in [0, 0.1) is 0 Å². The predicted octanol–water partition coefficient (Wildman–Crippen LogP) is 22.1. The van der Waals surface area contributed by atoms with Crippen LogP contribution < -0.4 is 30.6 Å². The molecule has 4 atom stereocenters. The highest BCUT2D eigenvalue weighted by Crippen LogP contribution is 2.67. The van der Waals surface area contributed by atoms with Crippen LogP contribution in [0.2, 0.25) is 0 Å². The van der Waals surface area contributed by atoms with Crippen molar-refractivity contribution >= 4 is 101 Å². The predicted molar refractivity (Wildman–Crippen MR) is 397 cm³/mol. The molecule has 18 rings (SSSR count). The largest absolute Gasteiger partial charge is 0.468 e. The van der Waals surface area contributed by atoms with Crippen LogP contribution in [0.25, 0.3) is 21.1 Å². The third-order valence-corrected chi connectivity index (χ3v) is 29.0. The lowest BCUT2D eigenvalue weighted by Gasteiger charge is -2.52. The van der Waals surface area contributed by atoms with Gasteiger partial charge in [0.15, 0.2) is 0 Å². The molecule has 0 fully saturated rings. The summed E-state index contributed by atoms with van der Waals surface area (Å²) in [6.07, 6.45) is 12.6. The van der Waals surface area contributed by atoms with Crippen molar-refractivity contribution in [1.29, 1.82) is 0 Å². The van der Waals surface area contributed by atoms with Crippen LogP contribution in [0.5, 0.6) is 0 Å². The van der Waals surface area contributed by atoms with Crippen LogP contribution in [-0.2, 0) is 66.1 Å². The minimum absolute atomic E-state index is 0.00370. The van der Waals surface area contributed by atoms with Crippen LogP contribution in [0.1, 0.15) is 263 Å². The molecule has 0 saturated heterocycles. The first-order valence-corrected chi connectivity index (χ1v) is 36.8. The molecule has 476 valence electrons. The smallest absolute Gasteiger partial charge is 0.309 e. The number of thiophene rings is 1. The molecule has 2 aromatic heterocycles. The molecular formula is C87H98BN3OS. The van der Waals surface area contributed by atoms with Crippen molar-refractivity contribution in [3.05, 3.63) is 182 Å². The van der Waals surface area contributed by atoms with Crippen molar-refractivity contribution in [3.63, 3.8) is 0 Å². The van der Waals surface area contributed by atoms with Crippen molar-refractivity contribution in [1.82, 2.24) is 0 Å². The third kappa shape index (κ3) is 7.58. The van der Waals surface area contributed by atoms with E-state index in [9.17, 15) is 0 Å². The zero-order valence-corrected chi connectivity index (χ0v) is 60.3. The van der Waals surface area contributed by atoms with Gasteiger partial charge in [-0.2, -0.15) is 0 Å². The summed E-state index contributed by atoms with van der Waals surface area (Å²) < 4.78 is 10.8. The number of rotatable bonds is 2. The van der Waals surface area contributed by atoms with Crippen LogP contribution in [0.4, 0.5) is 45.5 Å². The van der Waals surface area contributed by atoms with Gasteiger partial charge in [0, 0.05) is 59.8 Å². The van der Waals surface area contributed by atoms with E-state index in [1.165, 1.54) is 165 Å². The van der Waals surface area contributed by atoms with Gasteiger partial charge in [0.2, 0.25) is 0 Å². The van der Waals surface area contributed by atoms with E-state index in [1.54, 1.807) is 5.56 Å². The highest BCUT2D eigenvalue weighted by Gasteiger charge is 2.61. The monoisotopic (exact) mass is 1240 g/mol. The van der Waals surface area contributed by atoms with Gasteiger partial charge >= 0.3 is 6.71 Å². The summed E-state index contributed by atoms with van der Waals surface area (Å²) in [5, 5.41) is 2.62. The minimum Gasteiger partial charge on any atom is -0.468 e. The molecule has 5 aliphatic carbocycles. The summed E-state index contributed by atoms with van der Waals surface area (Å²) in [7, 11) is 0. The molecule has 0 saturated carbocycles. The Hall–Kier alpha value is -6.50. The van der Waals surface area contributed by atoms with Gasteiger partial charge in [-0.05, 0) is 265 Å². The van der Waals surface area contributed by atoms with Gasteiger partial charge in [-0.15, -0.1) is 11.3 Å². The van der Waals surface area contributed by atoms with E-state index in [4.69, 9.17) is 4.42 Å². The summed E-state index contributed by atoms with van der Waals surface area (Å²) in [4.78, 5) is 8.48. The fraction of sp³-hybridized carbons (Fsp3) is 0.471. The molecular weight excluding hydrogens is 1150 g/mol. The Kier molecular flexibility index (Phi) is 11.4. The molecule has 4 bridgehead atoms. The van der Waals surface area contributed by atoms with Crippen LogP contribution >= 0.6 is 11.3 Å². The number of aryl methyl sites for hydroxylation is 1. The fourth-order valence-electron chi connectivity index (χ4n) is 21.4. The average Bonchev–Trinajstić information content (AvgIpc) is 1.56. The number of benzene rings is 7. The number of hydrogen-bond donors (Lipinski definition) is 0. The summed E-state index contributed by atoms with van der Waals surface area (Å²) >= 11 is 2.06. The van der Waals surface area contributed by atoms with E-state index in [1.807, 2.05) is 0 Å². The first kappa shape index (κ1) is 59.0. The summed E-state index contributed by atoms with van der Waals surface area (Å²) in [5.74, 6) is 0. The first-order chi connectivity index (χ1) is 43.6. The molecule has 0 radical (unpaired) electrons. The van der Waals surface area contributed by atoms with E-state index in [-0.39, 0.29) is 60.9 Å². The molecule has 4 unspecified atom stereocenters. The lowest BCUT2D eigenvalue weighted by molar-refractivity contribution is 0.208. The molecule has 6 heterocycles. The molecule has 9 aromatic rings. The maximum atomic E-state index is 8.07. The second kappa shape index (κ2) is 17.9. The number of hydrogen-bond acceptors (Lipinski definition) is 5. The summed E-state index contributed by atoms with van der Waals surface area (Å²) in [6, 6.07) is 48.8. The Morgan fingerprint density at radius 3 is 1.57 bits per heavy atom. The van der Waals surface area contributed by atoms with Gasteiger partial charge in [-0.25, -0.2) is 0 Å². The average molecular weight is 1240 g/mol. The van der Waals surface area contributed by atoms with Crippen molar-refractivity contribution in [2.24, 2.45) is 0 Å². The third-order valence-electron chi connectivity index (χ3n) is 27.8. The molecule has 7 aromatic carbocycles. The number of fused-ring (bicyclic) bond motifs is 15. The zero-order chi connectivity index (χ0) is 65.0. The molecule has 9 aliphatic rings. The van der Waals surface area contributed by atoms with E-state index in [0.29, 0.717) is 0 Å². The second-order valence-electron chi connectivity index (χ2n) is 37.4. The van der Waals surface area contributed by atoms with Crippen molar-refractivity contribution in [2.45, 2.75) is 262 Å². The second-order valence-corrected chi connectivity index (χ2v) is 38.4. The maximum absolute atomic E-state index is 8.07. The lowest BCUT2D eigenvalue weighted by Crippen LogP contribution is -2.60. The van der Waals surface area contributed by atoms with E-state index in [2.05, 4.69) is 273 Å². The molecule has 0 N–H and O–H groups in total. The highest BCUT2D eigenvalue weighted by atomic mass is 32.1. The van der Waals surface area contributed by atoms with E-state index in [0.717, 1.165) is 49.8 Å². The Morgan fingerprint density at radius 1 is 0.430 bits per heavy atom. The maximum Gasteiger partial charge on any atom is 0.309 e. The van der Waals surface area contributed by atoms with Crippen LogP contribution in [0.3, 0.4) is 0 Å².